The van der Waals surface area contributed by atoms with Gasteiger partial charge < -0.3 is 0 Å². The summed E-state index contributed by atoms with van der Waals surface area (Å²) in [5, 5.41) is 8.54. The molecule has 0 saturated carbocycles. The first-order valence-electron chi connectivity index (χ1n) is 3.37. The maximum atomic E-state index is 8.54. The Morgan fingerprint density at radius 1 is 1.73 bits per heavy atom. The van der Waals surface area contributed by atoms with Crippen LogP contribution in [-0.2, 0) is 6.54 Å². The molecule has 1 aromatic rings. The molecule has 1 rings (SSSR count). The highest BCUT2D eigenvalue weighted by atomic mass is 14.9. The summed E-state index contributed by atoms with van der Waals surface area (Å²) in [5.41, 5.74) is 0.675. The number of hydrogen-bond acceptors (Lipinski definition) is 1. The molecule has 54 valence electrons. The van der Waals surface area contributed by atoms with Crippen molar-refractivity contribution in [3.63, 3.8) is 0 Å². The summed E-state index contributed by atoms with van der Waals surface area (Å²) in [4.78, 5) is 0. The van der Waals surface area contributed by atoms with Gasteiger partial charge in [0.2, 0.25) is 0 Å². The van der Waals surface area contributed by atoms with Gasteiger partial charge in [0.25, 0.3) is 0 Å². The highest BCUT2D eigenvalue weighted by Crippen LogP contribution is 1.89. The Balaban J connectivity index is 2.93. The minimum atomic E-state index is 0.675. The van der Waals surface area contributed by atoms with E-state index < -0.39 is 0 Å². The van der Waals surface area contributed by atoms with E-state index in [1.165, 1.54) is 0 Å². The van der Waals surface area contributed by atoms with E-state index in [1.54, 1.807) is 18.3 Å². The number of rotatable bonds is 2. The Labute approximate surface area is 66.0 Å². The molecule has 0 aliphatic rings. The summed E-state index contributed by atoms with van der Waals surface area (Å²) in [6.07, 6.45) is 5.49. The van der Waals surface area contributed by atoms with Crippen molar-refractivity contribution in [3.05, 3.63) is 42.7 Å². The van der Waals surface area contributed by atoms with Crippen LogP contribution < -0.4 is 4.57 Å². The minimum Gasteiger partial charge on any atom is -0.200 e. The lowest BCUT2D eigenvalue weighted by atomic mass is 10.3. The molecule has 0 amide bonds. The van der Waals surface area contributed by atoms with Crippen LogP contribution in [0.1, 0.15) is 5.56 Å². The topological polar surface area (TPSA) is 27.7 Å². The molecule has 0 spiro atoms. The van der Waals surface area contributed by atoms with Crippen LogP contribution in [0, 0.1) is 11.3 Å². The van der Waals surface area contributed by atoms with E-state index >= 15 is 0 Å². The lowest BCUT2D eigenvalue weighted by molar-refractivity contribution is -0.687. The van der Waals surface area contributed by atoms with Crippen molar-refractivity contribution in [2.24, 2.45) is 0 Å². The molecular weight excluding hydrogens is 136 g/mol. The number of hydrogen-bond donors (Lipinski definition) is 0. The van der Waals surface area contributed by atoms with Crippen molar-refractivity contribution >= 4 is 0 Å². The lowest BCUT2D eigenvalue weighted by Gasteiger charge is -1.89. The summed E-state index contributed by atoms with van der Waals surface area (Å²) in [7, 11) is 0. The summed E-state index contributed by atoms with van der Waals surface area (Å²) in [6.45, 7) is 4.35. The van der Waals surface area contributed by atoms with Crippen molar-refractivity contribution in [1.82, 2.24) is 0 Å². The SMILES string of the molecule is C=CC[n+]1cccc(C#N)c1. The van der Waals surface area contributed by atoms with E-state index in [2.05, 4.69) is 12.6 Å². The Bertz CT molecular complexity index is 297. The summed E-state index contributed by atoms with van der Waals surface area (Å²) in [5.74, 6) is 0. The number of allylic oxidation sites excluding steroid dienone is 1. The zero-order valence-electron chi connectivity index (χ0n) is 6.20. The third kappa shape index (κ3) is 1.91. The maximum absolute atomic E-state index is 8.54. The van der Waals surface area contributed by atoms with Crippen LogP contribution in [0.25, 0.3) is 0 Å². The van der Waals surface area contributed by atoms with Crippen LogP contribution in [0.5, 0.6) is 0 Å². The fourth-order valence-electron chi connectivity index (χ4n) is 0.851. The first-order chi connectivity index (χ1) is 5.36. The smallest absolute Gasteiger partial charge is 0.186 e. The van der Waals surface area contributed by atoms with Crippen molar-refractivity contribution in [3.8, 4) is 6.07 Å². The van der Waals surface area contributed by atoms with Crippen LogP contribution in [0.4, 0.5) is 0 Å². The van der Waals surface area contributed by atoms with Gasteiger partial charge in [-0.05, 0) is 12.1 Å². The lowest BCUT2D eigenvalue weighted by Crippen LogP contribution is -2.31. The number of aromatic nitrogens is 1. The molecule has 11 heavy (non-hydrogen) atoms. The fraction of sp³-hybridized carbons (Fsp3) is 0.111. The first-order valence-corrected chi connectivity index (χ1v) is 3.37. The van der Waals surface area contributed by atoms with E-state index in [0.29, 0.717) is 5.56 Å². The average Bonchev–Trinajstić information content (AvgIpc) is 2.06. The Hall–Kier alpha value is -1.62. The van der Waals surface area contributed by atoms with Gasteiger partial charge in [-0.3, -0.25) is 0 Å². The largest absolute Gasteiger partial charge is 0.200 e. The first kappa shape index (κ1) is 7.49. The summed E-state index contributed by atoms with van der Waals surface area (Å²) < 4.78 is 1.91. The van der Waals surface area contributed by atoms with E-state index in [-0.39, 0.29) is 0 Å². The molecule has 0 aromatic carbocycles. The second-order valence-corrected chi connectivity index (χ2v) is 2.19. The van der Waals surface area contributed by atoms with Gasteiger partial charge in [0.05, 0.1) is 0 Å². The molecule has 1 aromatic heterocycles. The zero-order chi connectivity index (χ0) is 8.10. The predicted molar refractivity (Wildman–Crippen MR) is 41.5 cm³/mol. The van der Waals surface area contributed by atoms with Crippen molar-refractivity contribution in [1.29, 1.82) is 5.26 Å². The monoisotopic (exact) mass is 145 g/mol. The van der Waals surface area contributed by atoms with Crippen LogP contribution in [0.3, 0.4) is 0 Å². The minimum absolute atomic E-state index is 0.675. The fourth-order valence-corrected chi connectivity index (χ4v) is 0.851. The normalized spacial score (nSPS) is 8.64. The second kappa shape index (κ2) is 3.52. The van der Waals surface area contributed by atoms with Crippen LogP contribution in [0.15, 0.2) is 37.2 Å². The van der Waals surface area contributed by atoms with Crippen molar-refractivity contribution < 1.29 is 4.57 Å². The highest BCUT2D eigenvalue weighted by Gasteiger charge is 1.97. The molecule has 0 saturated heterocycles. The van der Waals surface area contributed by atoms with Crippen molar-refractivity contribution in [2.45, 2.75) is 6.54 Å². The quantitative estimate of drug-likeness (QED) is 0.451. The van der Waals surface area contributed by atoms with Gasteiger partial charge in [-0.2, -0.15) is 5.26 Å². The van der Waals surface area contributed by atoms with Gasteiger partial charge in [-0.25, -0.2) is 4.57 Å². The van der Waals surface area contributed by atoms with E-state index in [0.717, 1.165) is 6.54 Å². The average molecular weight is 145 g/mol. The molecule has 0 bridgehead atoms. The molecule has 2 nitrogen and oxygen atoms in total. The van der Waals surface area contributed by atoms with E-state index in [1.807, 2.05) is 16.8 Å². The number of nitrogens with zero attached hydrogens (tertiary/aromatic N) is 2. The Morgan fingerprint density at radius 3 is 3.18 bits per heavy atom. The van der Waals surface area contributed by atoms with Crippen molar-refractivity contribution in [2.75, 3.05) is 0 Å². The predicted octanol–water partition coefficient (Wildman–Crippen LogP) is 1.03. The third-order valence-corrected chi connectivity index (χ3v) is 1.33. The second-order valence-electron chi connectivity index (χ2n) is 2.19. The van der Waals surface area contributed by atoms with Gasteiger partial charge >= 0.3 is 0 Å². The van der Waals surface area contributed by atoms with Gasteiger partial charge in [0.1, 0.15) is 11.6 Å². The van der Waals surface area contributed by atoms with E-state index in [4.69, 9.17) is 5.26 Å². The van der Waals surface area contributed by atoms with Gasteiger partial charge in [-0.1, -0.05) is 6.58 Å². The summed E-state index contributed by atoms with van der Waals surface area (Å²) >= 11 is 0. The number of nitriles is 1. The molecule has 0 aliphatic carbocycles. The molecule has 0 atom stereocenters. The van der Waals surface area contributed by atoms with E-state index in [9.17, 15) is 0 Å². The summed E-state index contributed by atoms with van der Waals surface area (Å²) in [6, 6.07) is 5.70. The van der Waals surface area contributed by atoms with Gasteiger partial charge in [0.15, 0.2) is 18.9 Å². The maximum Gasteiger partial charge on any atom is 0.186 e. The van der Waals surface area contributed by atoms with Crippen LogP contribution in [0.2, 0.25) is 0 Å². The zero-order valence-corrected chi connectivity index (χ0v) is 6.20. The van der Waals surface area contributed by atoms with Crippen LogP contribution >= 0.6 is 0 Å². The molecule has 2 heteroatoms. The Kier molecular flexibility index (Phi) is 2.40. The molecular formula is C9H9N2+. The molecule has 1 heterocycles. The van der Waals surface area contributed by atoms with Crippen LogP contribution in [-0.4, -0.2) is 0 Å². The molecule has 0 fully saturated rings. The molecule has 0 radical (unpaired) electrons. The number of pyridine rings is 1. The molecule has 0 unspecified atom stereocenters. The van der Waals surface area contributed by atoms with Gasteiger partial charge in [-0.15, -0.1) is 0 Å². The molecule has 0 N–H and O–H groups in total. The highest BCUT2D eigenvalue weighted by molar-refractivity contribution is 5.21. The third-order valence-electron chi connectivity index (χ3n) is 1.33. The Morgan fingerprint density at radius 2 is 2.55 bits per heavy atom. The molecule has 0 aliphatic heterocycles. The van der Waals surface area contributed by atoms with Gasteiger partial charge in [0, 0.05) is 6.07 Å². The standard InChI is InChI=1S/C9H9N2/c1-2-5-11-6-3-4-9(7-10)8-11/h2-4,6,8H,1,5H2/q+1.